The normalized spacial score (nSPS) is 20.2. The van der Waals surface area contributed by atoms with E-state index in [1.807, 2.05) is 0 Å². The zero-order chi connectivity index (χ0) is 14.2. The molecule has 0 spiro atoms. The monoisotopic (exact) mass is 311 g/mol. The van der Waals surface area contributed by atoms with E-state index < -0.39 is 11.9 Å². The Bertz CT molecular complexity index is 511. The topological polar surface area (TPSA) is 46.1 Å². The minimum absolute atomic E-state index is 0.0206. The molecular weight excluding hydrogens is 303 g/mol. The van der Waals surface area contributed by atoms with Crippen LogP contribution in [0.15, 0.2) is 6.07 Å². The predicted molar refractivity (Wildman–Crippen MR) is 66.4 cm³/mol. The third-order valence-corrected chi connectivity index (χ3v) is 3.39. The molecule has 0 aliphatic carbocycles. The summed E-state index contributed by atoms with van der Waals surface area (Å²) in [5.41, 5.74) is -1.16. The van der Waals surface area contributed by atoms with Gasteiger partial charge in [-0.15, -0.1) is 0 Å². The van der Waals surface area contributed by atoms with Gasteiger partial charge in [-0.1, -0.05) is 11.6 Å². The van der Waals surface area contributed by atoms with E-state index >= 15 is 0 Å². The molecule has 1 aromatic heterocycles. The molecule has 2 rings (SSSR count). The number of nitrogens with zero attached hydrogens (tertiary/aromatic N) is 3. The molecule has 1 aromatic rings. The highest BCUT2D eigenvalue weighted by Gasteiger charge is 2.36. The molecule has 1 unspecified atom stereocenters. The molecule has 104 valence electrons. The van der Waals surface area contributed by atoms with E-state index in [4.69, 9.17) is 11.6 Å². The van der Waals surface area contributed by atoms with Crippen LogP contribution in [0.5, 0.6) is 0 Å². The minimum Gasteiger partial charge on any atom is -0.280 e. The number of rotatable bonds is 2. The van der Waals surface area contributed by atoms with Crippen molar-refractivity contribution in [3.05, 3.63) is 16.9 Å². The maximum atomic E-state index is 12.6. The van der Waals surface area contributed by atoms with Crippen molar-refractivity contribution in [2.45, 2.75) is 12.6 Å². The molecule has 1 atom stereocenters. The standard InChI is InChI=1S/C10H9ClF3N3OS/c11-7-2-6(10(12,13)14)15-9(16-7)17-3-5(4-19)1-8(17)18/h2,5,19H,1,3-4H2. The number of hydrogen-bond donors (Lipinski definition) is 1. The summed E-state index contributed by atoms with van der Waals surface area (Å²) in [4.78, 5) is 19.9. The Balaban J connectivity index is 2.35. The Kier molecular flexibility index (Phi) is 3.91. The lowest BCUT2D eigenvalue weighted by Gasteiger charge is -2.16. The van der Waals surface area contributed by atoms with Crippen LogP contribution in [-0.2, 0) is 11.0 Å². The van der Waals surface area contributed by atoms with Crippen LogP contribution in [0.25, 0.3) is 0 Å². The predicted octanol–water partition coefficient (Wildman–Crippen LogP) is 2.43. The van der Waals surface area contributed by atoms with Gasteiger partial charge >= 0.3 is 6.18 Å². The van der Waals surface area contributed by atoms with Gasteiger partial charge in [0.15, 0.2) is 5.69 Å². The lowest BCUT2D eigenvalue weighted by Crippen LogP contribution is -2.28. The molecule has 1 aliphatic rings. The van der Waals surface area contributed by atoms with Gasteiger partial charge in [0.2, 0.25) is 11.9 Å². The maximum absolute atomic E-state index is 12.6. The third kappa shape index (κ3) is 3.11. The highest BCUT2D eigenvalue weighted by molar-refractivity contribution is 7.80. The first kappa shape index (κ1) is 14.4. The van der Waals surface area contributed by atoms with E-state index in [1.54, 1.807) is 0 Å². The minimum atomic E-state index is -4.63. The van der Waals surface area contributed by atoms with Gasteiger partial charge in [-0.05, 0) is 11.7 Å². The summed E-state index contributed by atoms with van der Waals surface area (Å²) in [6.45, 7) is 0.250. The smallest absolute Gasteiger partial charge is 0.280 e. The van der Waals surface area contributed by atoms with Gasteiger partial charge in [-0.3, -0.25) is 9.69 Å². The molecular formula is C10H9ClF3N3OS. The van der Waals surface area contributed by atoms with Crippen molar-refractivity contribution >= 4 is 36.1 Å². The zero-order valence-corrected chi connectivity index (χ0v) is 11.1. The average molecular weight is 312 g/mol. The molecule has 0 radical (unpaired) electrons. The third-order valence-electron chi connectivity index (χ3n) is 2.68. The summed E-state index contributed by atoms with van der Waals surface area (Å²) < 4.78 is 37.8. The average Bonchev–Trinajstić information content (AvgIpc) is 2.68. The van der Waals surface area contributed by atoms with Crippen molar-refractivity contribution in [2.24, 2.45) is 5.92 Å². The molecule has 1 aliphatic heterocycles. The molecule has 9 heteroatoms. The maximum Gasteiger partial charge on any atom is 0.433 e. The molecule has 1 fully saturated rings. The summed E-state index contributed by atoms with van der Waals surface area (Å²) in [5, 5.41) is -0.348. The number of alkyl halides is 3. The molecule has 19 heavy (non-hydrogen) atoms. The van der Waals surface area contributed by atoms with E-state index in [-0.39, 0.29) is 35.9 Å². The first-order chi connectivity index (χ1) is 8.81. The van der Waals surface area contributed by atoms with Crippen molar-refractivity contribution in [1.82, 2.24) is 9.97 Å². The van der Waals surface area contributed by atoms with E-state index in [1.165, 1.54) is 0 Å². The van der Waals surface area contributed by atoms with E-state index in [9.17, 15) is 18.0 Å². The molecule has 2 heterocycles. The first-order valence-corrected chi connectivity index (χ1v) is 6.35. The summed E-state index contributed by atoms with van der Waals surface area (Å²) in [6.07, 6.45) is -4.41. The quantitative estimate of drug-likeness (QED) is 0.674. The Morgan fingerprint density at radius 1 is 1.47 bits per heavy atom. The summed E-state index contributed by atoms with van der Waals surface area (Å²) in [5.74, 6) is -0.189. The van der Waals surface area contributed by atoms with Crippen molar-refractivity contribution in [3.63, 3.8) is 0 Å². The van der Waals surface area contributed by atoms with Crippen LogP contribution in [0.2, 0.25) is 5.15 Å². The lowest BCUT2D eigenvalue weighted by molar-refractivity contribution is -0.141. The molecule has 0 saturated carbocycles. The molecule has 0 bridgehead atoms. The summed E-state index contributed by atoms with van der Waals surface area (Å²) >= 11 is 9.62. The number of carbonyl (C=O) groups excluding carboxylic acids is 1. The van der Waals surface area contributed by atoms with Gasteiger partial charge in [0, 0.05) is 19.0 Å². The molecule has 0 N–H and O–H groups in total. The first-order valence-electron chi connectivity index (χ1n) is 5.34. The van der Waals surface area contributed by atoms with Crippen LogP contribution in [0.4, 0.5) is 19.1 Å². The fourth-order valence-electron chi connectivity index (χ4n) is 1.77. The molecule has 1 saturated heterocycles. The number of aromatic nitrogens is 2. The number of halogens is 4. The summed E-state index contributed by atoms with van der Waals surface area (Å²) in [7, 11) is 0. The van der Waals surface area contributed by atoms with Gasteiger partial charge in [-0.2, -0.15) is 25.8 Å². The van der Waals surface area contributed by atoms with Crippen molar-refractivity contribution in [2.75, 3.05) is 17.2 Å². The SMILES string of the molecule is O=C1CC(CS)CN1c1nc(Cl)cc(C(F)(F)F)n1. The van der Waals surface area contributed by atoms with E-state index in [0.29, 0.717) is 11.8 Å². The Morgan fingerprint density at radius 3 is 2.68 bits per heavy atom. The Hall–Kier alpha value is -1.02. The largest absolute Gasteiger partial charge is 0.433 e. The van der Waals surface area contributed by atoms with E-state index in [0.717, 1.165) is 4.90 Å². The second kappa shape index (κ2) is 5.16. The molecule has 4 nitrogen and oxygen atoms in total. The van der Waals surface area contributed by atoms with Crippen LogP contribution < -0.4 is 4.90 Å². The van der Waals surface area contributed by atoms with Gasteiger partial charge in [0.05, 0.1) is 0 Å². The zero-order valence-electron chi connectivity index (χ0n) is 9.48. The van der Waals surface area contributed by atoms with Gasteiger partial charge in [-0.25, -0.2) is 9.97 Å². The van der Waals surface area contributed by atoms with Gasteiger partial charge < -0.3 is 0 Å². The van der Waals surface area contributed by atoms with Crippen molar-refractivity contribution in [3.8, 4) is 0 Å². The highest BCUT2D eigenvalue weighted by atomic mass is 35.5. The van der Waals surface area contributed by atoms with Crippen LogP contribution in [0, 0.1) is 5.92 Å². The lowest BCUT2D eigenvalue weighted by atomic mass is 10.1. The Morgan fingerprint density at radius 2 is 2.16 bits per heavy atom. The highest BCUT2D eigenvalue weighted by Crippen LogP contribution is 2.31. The molecule has 0 aromatic carbocycles. The van der Waals surface area contributed by atoms with Gasteiger partial charge in [0.25, 0.3) is 0 Å². The Labute approximate surface area is 117 Å². The van der Waals surface area contributed by atoms with E-state index in [2.05, 4.69) is 22.6 Å². The van der Waals surface area contributed by atoms with Crippen molar-refractivity contribution < 1.29 is 18.0 Å². The second-order valence-corrected chi connectivity index (χ2v) is 4.88. The van der Waals surface area contributed by atoms with Crippen LogP contribution >= 0.6 is 24.2 Å². The summed E-state index contributed by atoms with van der Waals surface area (Å²) in [6, 6.07) is 0.627. The number of anilines is 1. The van der Waals surface area contributed by atoms with Crippen LogP contribution in [-0.4, -0.2) is 28.2 Å². The van der Waals surface area contributed by atoms with Crippen LogP contribution in [0.1, 0.15) is 12.1 Å². The molecule has 1 amide bonds. The van der Waals surface area contributed by atoms with Crippen molar-refractivity contribution in [1.29, 1.82) is 0 Å². The van der Waals surface area contributed by atoms with Gasteiger partial charge in [0.1, 0.15) is 5.15 Å². The number of thiol groups is 1. The number of carbonyl (C=O) groups is 1. The second-order valence-electron chi connectivity index (χ2n) is 4.13. The number of hydrogen-bond acceptors (Lipinski definition) is 4. The van der Waals surface area contributed by atoms with Crippen LogP contribution in [0.3, 0.4) is 0 Å². The fraction of sp³-hybridized carbons (Fsp3) is 0.500. The number of amides is 1. The fourth-order valence-corrected chi connectivity index (χ4v) is 2.19.